The van der Waals surface area contributed by atoms with E-state index >= 15 is 0 Å². The number of aryl methyl sites for hydroxylation is 1. The fourth-order valence-corrected chi connectivity index (χ4v) is 2.30. The van der Waals surface area contributed by atoms with Crippen LogP contribution in [0.4, 0.5) is 0 Å². The maximum Gasteiger partial charge on any atom is 0.219 e. The number of nitrogens with zero attached hydrogens (tertiary/aromatic N) is 1. The third-order valence-corrected chi connectivity index (χ3v) is 3.43. The molecule has 3 nitrogen and oxygen atoms in total. The van der Waals surface area contributed by atoms with E-state index in [1.807, 2.05) is 31.2 Å². The number of hydrogen-bond acceptors (Lipinski definition) is 3. The van der Waals surface area contributed by atoms with Crippen LogP contribution in [0.1, 0.15) is 16.4 Å². The standard InChI is InChI=1S/C12H15NO2S/c1-3-8-16-12(9-13(14)15)11-6-4-10(2)5-7-11/h3-7,12H,1,8-9H2,2H3. The van der Waals surface area contributed by atoms with Gasteiger partial charge in [0.05, 0.1) is 5.25 Å². The monoisotopic (exact) mass is 237 g/mol. The van der Waals surface area contributed by atoms with Gasteiger partial charge < -0.3 is 0 Å². The Morgan fingerprint density at radius 3 is 2.62 bits per heavy atom. The van der Waals surface area contributed by atoms with Crippen molar-refractivity contribution in [3.63, 3.8) is 0 Å². The first-order chi connectivity index (χ1) is 7.63. The predicted molar refractivity (Wildman–Crippen MR) is 68.4 cm³/mol. The third kappa shape index (κ3) is 4.06. The molecule has 0 aliphatic carbocycles. The van der Waals surface area contributed by atoms with Crippen molar-refractivity contribution in [1.82, 2.24) is 0 Å². The van der Waals surface area contributed by atoms with Gasteiger partial charge in [-0.1, -0.05) is 35.9 Å². The van der Waals surface area contributed by atoms with E-state index in [9.17, 15) is 10.1 Å². The van der Waals surface area contributed by atoms with Crippen LogP contribution < -0.4 is 0 Å². The van der Waals surface area contributed by atoms with E-state index in [0.29, 0.717) is 0 Å². The summed E-state index contributed by atoms with van der Waals surface area (Å²) in [6.07, 6.45) is 1.77. The Morgan fingerprint density at radius 2 is 2.12 bits per heavy atom. The quantitative estimate of drug-likeness (QED) is 0.433. The Hall–Kier alpha value is -1.29. The van der Waals surface area contributed by atoms with Crippen LogP contribution in [0.25, 0.3) is 0 Å². The zero-order valence-electron chi connectivity index (χ0n) is 9.26. The Kier molecular flexibility index (Phi) is 5.05. The minimum absolute atomic E-state index is 0.0401. The second-order valence-electron chi connectivity index (χ2n) is 3.54. The maximum absolute atomic E-state index is 10.6. The summed E-state index contributed by atoms with van der Waals surface area (Å²) in [5, 5.41) is 10.5. The van der Waals surface area contributed by atoms with Crippen molar-refractivity contribution in [2.45, 2.75) is 12.2 Å². The Bertz CT molecular complexity index is 362. The molecule has 0 aliphatic rings. The van der Waals surface area contributed by atoms with E-state index in [0.717, 1.165) is 16.9 Å². The number of benzene rings is 1. The van der Waals surface area contributed by atoms with E-state index in [-0.39, 0.29) is 16.7 Å². The van der Waals surface area contributed by atoms with Crippen LogP contribution in [-0.2, 0) is 0 Å². The zero-order chi connectivity index (χ0) is 12.0. The molecule has 4 heteroatoms. The largest absolute Gasteiger partial charge is 0.264 e. The lowest BCUT2D eigenvalue weighted by Crippen LogP contribution is -2.10. The molecule has 0 fully saturated rings. The lowest BCUT2D eigenvalue weighted by atomic mass is 10.1. The van der Waals surface area contributed by atoms with Gasteiger partial charge in [0.1, 0.15) is 0 Å². The topological polar surface area (TPSA) is 43.1 Å². The van der Waals surface area contributed by atoms with Crippen molar-refractivity contribution in [3.05, 3.63) is 58.2 Å². The molecule has 1 unspecified atom stereocenters. The summed E-state index contributed by atoms with van der Waals surface area (Å²) in [5.41, 5.74) is 2.17. The van der Waals surface area contributed by atoms with Gasteiger partial charge in [-0.25, -0.2) is 0 Å². The van der Waals surface area contributed by atoms with Gasteiger partial charge in [0, 0.05) is 10.7 Å². The summed E-state index contributed by atoms with van der Waals surface area (Å²) in [7, 11) is 0. The minimum Gasteiger partial charge on any atom is -0.264 e. The van der Waals surface area contributed by atoms with Crippen molar-refractivity contribution < 1.29 is 4.92 Å². The van der Waals surface area contributed by atoms with Crippen molar-refractivity contribution in [2.24, 2.45) is 0 Å². The SMILES string of the molecule is C=CCSC(C[N+](=O)[O-])c1ccc(C)cc1. The molecule has 0 aromatic heterocycles. The third-order valence-electron chi connectivity index (χ3n) is 2.18. The number of hydrogen-bond donors (Lipinski definition) is 0. The molecule has 1 aromatic carbocycles. The lowest BCUT2D eigenvalue weighted by Gasteiger charge is -2.11. The highest BCUT2D eigenvalue weighted by atomic mass is 32.2. The lowest BCUT2D eigenvalue weighted by molar-refractivity contribution is -0.479. The van der Waals surface area contributed by atoms with Crippen LogP contribution in [0.2, 0.25) is 0 Å². The second kappa shape index (κ2) is 6.33. The van der Waals surface area contributed by atoms with Gasteiger partial charge in [-0.15, -0.1) is 18.3 Å². The van der Waals surface area contributed by atoms with E-state index in [1.54, 1.807) is 17.8 Å². The molecule has 1 rings (SSSR count). The molecule has 0 heterocycles. The molecule has 0 saturated carbocycles. The summed E-state index contributed by atoms with van der Waals surface area (Å²) < 4.78 is 0. The number of thioether (sulfide) groups is 1. The molecule has 16 heavy (non-hydrogen) atoms. The van der Waals surface area contributed by atoms with Gasteiger partial charge in [0.2, 0.25) is 6.54 Å². The molecule has 0 radical (unpaired) electrons. The van der Waals surface area contributed by atoms with Gasteiger partial charge >= 0.3 is 0 Å². The first kappa shape index (κ1) is 12.8. The first-order valence-electron chi connectivity index (χ1n) is 5.04. The van der Waals surface area contributed by atoms with E-state index < -0.39 is 0 Å². The molecular weight excluding hydrogens is 222 g/mol. The highest BCUT2D eigenvalue weighted by Gasteiger charge is 2.17. The molecule has 0 aliphatic heterocycles. The van der Waals surface area contributed by atoms with Gasteiger partial charge in [-0.3, -0.25) is 10.1 Å². The molecule has 86 valence electrons. The van der Waals surface area contributed by atoms with E-state index in [1.165, 1.54) is 0 Å². The summed E-state index contributed by atoms with van der Waals surface area (Å²) in [6.45, 7) is 5.59. The summed E-state index contributed by atoms with van der Waals surface area (Å²) in [4.78, 5) is 10.3. The van der Waals surface area contributed by atoms with E-state index in [2.05, 4.69) is 6.58 Å². The van der Waals surface area contributed by atoms with Crippen molar-refractivity contribution in [1.29, 1.82) is 0 Å². The van der Waals surface area contributed by atoms with Gasteiger partial charge in [0.15, 0.2) is 0 Å². The molecular formula is C12H15NO2S. The molecule has 1 aromatic rings. The fourth-order valence-electron chi connectivity index (χ4n) is 1.36. The van der Waals surface area contributed by atoms with Gasteiger partial charge in [-0.2, -0.15) is 0 Å². The summed E-state index contributed by atoms with van der Waals surface area (Å²) >= 11 is 1.55. The van der Waals surface area contributed by atoms with Gasteiger partial charge in [-0.05, 0) is 12.5 Å². The summed E-state index contributed by atoms with van der Waals surface area (Å²) in [5.74, 6) is 0.729. The van der Waals surface area contributed by atoms with Crippen molar-refractivity contribution >= 4 is 11.8 Å². The van der Waals surface area contributed by atoms with Crippen LogP contribution in [0, 0.1) is 17.0 Å². The molecule has 0 amide bonds. The van der Waals surface area contributed by atoms with Crippen molar-refractivity contribution in [3.8, 4) is 0 Å². The Balaban J connectivity index is 2.77. The zero-order valence-corrected chi connectivity index (χ0v) is 10.1. The Labute approximate surface area is 99.7 Å². The van der Waals surface area contributed by atoms with Crippen LogP contribution >= 0.6 is 11.8 Å². The van der Waals surface area contributed by atoms with Crippen LogP contribution in [0.3, 0.4) is 0 Å². The summed E-state index contributed by atoms with van der Waals surface area (Å²) in [6, 6.07) is 7.88. The van der Waals surface area contributed by atoms with Crippen LogP contribution in [-0.4, -0.2) is 17.2 Å². The molecule has 0 saturated heterocycles. The predicted octanol–water partition coefficient (Wildman–Crippen LogP) is 3.23. The fraction of sp³-hybridized carbons (Fsp3) is 0.333. The minimum atomic E-state index is -0.263. The van der Waals surface area contributed by atoms with E-state index in [4.69, 9.17) is 0 Å². The molecule has 1 atom stereocenters. The average molecular weight is 237 g/mol. The number of nitro groups is 1. The van der Waals surface area contributed by atoms with Crippen LogP contribution in [0.5, 0.6) is 0 Å². The highest BCUT2D eigenvalue weighted by molar-refractivity contribution is 7.99. The van der Waals surface area contributed by atoms with Gasteiger partial charge in [0.25, 0.3) is 0 Å². The number of rotatable bonds is 6. The second-order valence-corrected chi connectivity index (χ2v) is 4.77. The van der Waals surface area contributed by atoms with Crippen LogP contribution in [0.15, 0.2) is 36.9 Å². The average Bonchev–Trinajstić information content (AvgIpc) is 2.25. The normalized spacial score (nSPS) is 12.1. The molecule has 0 spiro atoms. The molecule has 0 bridgehead atoms. The smallest absolute Gasteiger partial charge is 0.219 e. The highest BCUT2D eigenvalue weighted by Crippen LogP contribution is 2.29. The molecule has 0 N–H and O–H groups in total. The van der Waals surface area contributed by atoms with Crippen molar-refractivity contribution in [2.75, 3.05) is 12.3 Å². The maximum atomic E-state index is 10.6. The first-order valence-corrected chi connectivity index (χ1v) is 6.09. The Morgan fingerprint density at radius 1 is 1.50 bits per heavy atom.